The molecule has 0 saturated carbocycles. The maximum Gasteiger partial charge on any atom is 0.274 e. The number of nitrogens with one attached hydrogen (secondary N) is 2. The number of carbonyl (C=O) groups excluding carboxylic acids is 1. The van der Waals surface area contributed by atoms with E-state index in [2.05, 4.69) is 38.5 Å². The molecule has 0 spiro atoms. The molecule has 1 aromatic heterocycles. The van der Waals surface area contributed by atoms with E-state index in [0.717, 1.165) is 18.7 Å². The first kappa shape index (κ1) is 15.4. The van der Waals surface area contributed by atoms with Gasteiger partial charge in [0, 0.05) is 12.2 Å². The molecule has 1 aromatic carbocycles. The van der Waals surface area contributed by atoms with Gasteiger partial charge >= 0.3 is 0 Å². The average molecular weight is 352 g/mol. The molecule has 0 aliphatic carbocycles. The summed E-state index contributed by atoms with van der Waals surface area (Å²) in [5.74, 6) is -0.807. The van der Waals surface area contributed by atoms with E-state index in [1.54, 1.807) is 24.4 Å². The van der Waals surface area contributed by atoms with Crippen molar-refractivity contribution in [2.24, 2.45) is 0 Å². The van der Waals surface area contributed by atoms with Crippen molar-refractivity contribution in [1.29, 1.82) is 0 Å². The molecule has 1 amide bonds. The number of rotatable bonds is 5. The second kappa shape index (κ2) is 7.17. The third-order valence-corrected chi connectivity index (χ3v) is 3.40. The van der Waals surface area contributed by atoms with Crippen molar-refractivity contribution in [1.82, 2.24) is 4.98 Å². The van der Waals surface area contributed by atoms with Gasteiger partial charge in [0.1, 0.15) is 11.5 Å². The molecule has 0 saturated heterocycles. The molecule has 0 aliphatic rings. The van der Waals surface area contributed by atoms with Crippen LogP contribution in [0.15, 0.2) is 41.0 Å². The van der Waals surface area contributed by atoms with Crippen LogP contribution in [0.1, 0.15) is 23.8 Å². The monoisotopic (exact) mass is 351 g/mol. The van der Waals surface area contributed by atoms with E-state index in [1.165, 1.54) is 12.1 Å². The Morgan fingerprint density at radius 3 is 2.67 bits per heavy atom. The third kappa shape index (κ3) is 4.26. The van der Waals surface area contributed by atoms with Gasteiger partial charge in [-0.1, -0.05) is 6.92 Å². The van der Waals surface area contributed by atoms with Crippen LogP contribution in [0, 0.1) is 5.82 Å². The Morgan fingerprint density at radius 1 is 1.29 bits per heavy atom. The SMILES string of the molecule is CCCNc1ccc(C(=O)Nc2ccc(Br)c(F)c2)nc1. The van der Waals surface area contributed by atoms with Gasteiger partial charge in [-0.3, -0.25) is 4.79 Å². The summed E-state index contributed by atoms with van der Waals surface area (Å²) in [7, 11) is 0. The topological polar surface area (TPSA) is 54.0 Å². The number of amides is 1. The van der Waals surface area contributed by atoms with Gasteiger partial charge in [0.2, 0.25) is 0 Å². The van der Waals surface area contributed by atoms with Crippen LogP contribution in [-0.2, 0) is 0 Å². The highest BCUT2D eigenvalue weighted by Gasteiger charge is 2.09. The Kier molecular flexibility index (Phi) is 5.27. The van der Waals surface area contributed by atoms with E-state index < -0.39 is 5.82 Å². The largest absolute Gasteiger partial charge is 0.384 e. The third-order valence-electron chi connectivity index (χ3n) is 2.75. The maximum absolute atomic E-state index is 13.4. The summed E-state index contributed by atoms with van der Waals surface area (Å²) in [6.45, 7) is 2.92. The molecular formula is C15H15BrFN3O. The molecule has 0 unspecified atom stereocenters. The molecule has 0 aliphatic heterocycles. The number of aromatic nitrogens is 1. The number of anilines is 2. The summed E-state index contributed by atoms with van der Waals surface area (Å²) in [5, 5.41) is 5.78. The summed E-state index contributed by atoms with van der Waals surface area (Å²) in [6, 6.07) is 7.82. The zero-order valence-corrected chi connectivity index (χ0v) is 13.1. The number of pyridine rings is 1. The molecule has 1 heterocycles. The van der Waals surface area contributed by atoms with Crippen molar-refractivity contribution in [3.05, 3.63) is 52.5 Å². The molecule has 2 aromatic rings. The highest BCUT2D eigenvalue weighted by molar-refractivity contribution is 9.10. The Morgan fingerprint density at radius 2 is 2.05 bits per heavy atom. The lowest BCUT2D eigenvalue weighted by molar-refractivity contribution is 0.102. The van der Waals surface area contributed by atoms with Gasteiger partial charge in [-0.15, -0.1) is 0 Å². The molecule has 2 rings (SSSR count). The van der Waals surface area contributed by atoms with Crippen LogP contribution in [0.25, 0.3) is 0 Å². The summed E-state index contributed by atoms with van der Waals surface area (Å²) in [5.41, 5.74) is 1.53. The number of benzene rings is 1. The zero-order chi connectivity index (χ0) is 15.2. The van der Waals surface area contributed by atoms with Crippen molar-refractivity contribution in [3.8, 4) is 0 Å². The lowest BCUT2D eigenvalue weighted by Crippen LogP contribution is -2.14. The Balaban J connectivity index is 2.04. The van der Waals surface area contributed by atoms with Crippen molar-refractivity contribution in [2.75, 3.05) is 17.2 Å². The van der Waals surface area contributed by atoms with Crippen LogP contribution in [0.5, 0.6) is 0 Å². The summed E-state index contributed by atoms with van der Waals surface area (Å²) >= 11 is 3.06. The van der Waals surface area contributed by atoms with Gasteiger partial charge in [0.15, 0.2) is 0 Å². The Labute approximate surface area is 130 Å². The van der Waals surface area contributed by atoms with Crippen molar-refractivity contribution in [2.45, 2.75) is 13.3 Å². The fraction of sp³-hybridized carbons (Fsp3) is 0.200. The van der Waals surface area contributed by atoms with Crippen LogP contribution in [0.3, 0.4) is 0 Å². The predicted octanol–water partition coefficient (Wildman–Crippen LogP) is 4.06. The molecule has 21 heavy (non-hydrogen) atoms. The van der Waals surface area contributed by atoms with E-state index in [4.69, 9.17) is 0 Å². The molecule has 4 nitrogen and oxygen atoms in total. The zero-order valence-electron chi connectivity index (χ0n) is 11.5. The predicted molar refractivity (Wildman–Crippen MR) is 85.1 cm³/mol. The van der Waals surface area contributed by atoms with Gasteiger partial charge in [-0.2, -0.15) is 0 Å². The van der Waals surface area contributed by atoms with Gasteiger partial charge in [-0.05, 0) is 52.7 Å². The normalized spacial score (nSPS) is 10.2. The van der Waals surface area contributed by atoms with Crippen LogP contribution >= 0.6 is 15.9 Å². The number of nitrogens with zero attached hydrogens (tertiary/aromatic N) is 1. The van der Waals surface area contributed by atoms with E-state index in [-0.39, 0.29) is 11.6 Å². The molecule has 110 valence electrons. The van der Waals surface area contributed by atoms with E-state index in [1.807, 2.05) is 0 Å². The molecule has 0 bridgehead atoms. The minimum absolute atomic E-state index is 0.278. The number of carbonyl (C=O) groups is 1. The minimum atomic E-state index is -0.431. The average Bonchev–Trinajstić information content (AvgIpc) is 2.49. The van der Waals surface area contributed by atoms with Gasteiger partial charge in [-0.25, -0.2) is 9.37 Å². The fourth-order valence-electron chi connectivity index (χ4n) is 1.67. The van der Waals surface area contributed by atoms with Gasteiger partial charge in [0.05, 0.1) is 16.4 Å². The lowest BCUT2D eigenvalue weighted by atomic mass is 10.2. The molecular weight excluding hydrogens is 337 g/mol. The molecule has 0 fully saturated rings. The van der Waals surface area contributed by atoms with Crippen molar-refractivity contribution in [3.63, 3.8) is 0 Å². The number of halogens is 2. The van der Waals surface area contributed by atoms with Crippen molar-refractivity contribution >= 4 is 33.2 Å². The van der Waals surface area contributed by atoms with Crippen LogP contribution in [0.4, 0.5) is 15.8 Å². The van der Waals surface area contributed by atoms with Crippen LogP contribution in [0.2, 0.25) is 0 Å². The summed E-state index contributed by atoms with van der Waals surface area (Å²) in [4.78, 5) is 16.1. The standard InChI is InChI=1S/C15H15BrFN3O/c1-2-7-18-11-4-6-14(19-9-11)15(21)20-10-3-5-12(16)13(17)8-10/h3-6,8-9,18H,2,7H2,1H3,(H,20,21). The van der Waals surface area contributed by atoms with E-state index in [9.17, 15) is 9.18 Å². The maximum atomic E-state index is 13.4. The van der Waals surface area contributed by atoms with Gasteiger partial charge in [0.25, 0.3) is 5.91 Å². The molecule has 6 heteroatoms. The first-order valence-corrected chi connectivity index (χ1v) is 7.35. The second-order valence-electron chi connectivity index (χ2n) is 4.44. The summed E-state index contributed by atoms with van der Waals surface area (Å²) < 4.78 is 13.7. The Hall–Kier alpha value is -1.95. The van der Waals surface area contributed by atoms with E-state index >= 15 is 0 Å². The summed E-state index contributed by atoms with van der Waals surface area (Å²) in [6.07, 6.45) is 2.62. The minimum Gasteiger partial charge on any atom is -0.384 e. The molecule has 2 N–H and O–H groups in total. The highest BCUT2D eigenvalue weighted by atomic mass is 79.9. The smallest absolute Gasteiger partial charge is 0.274 e. The van der Waals surface area contributed by atoms with Crippen LogP contribution < -0.4 is 10.6 Å². The van der Waals surface area contributed by atoms with E-state index in [0.29, 0.717) is 10.2 Å². The first-order valence-electron chi connectivity index (χ1n) is 6.56. The second-order valence-corrected chi connectivity index (χ2v) is 5.30. The highest BCUT2D eigenvalue weighted by Crippen LogP contribution is 2.19. The fourth-order valence-corrected chi connectivity index (χ4v) is 1.92. The number of hydrogen-bond acceptors (Lipinski definition) is 3. The van der Waals surface area contributed by atoms with Crippen LogP contribution in [-0.4, -0.2) is 17.4 Å². The molecule has 0 radical (unpaired) electrons. The van der Waals surface area contributed by atoms with Gasteiger partial charge < -0.3 is 10.6 Å². The first-order chi connectivity index (χ1) is 10.1. The lowest BCUT2D eigenvalue weighted by Gasteiger charge is -2.07. The quantitative estimate of drug-likeness (QED) is 0.853. The number of hydrogen-bond donors (Lipinski definition) is 2. The Bertz CT molecular complexity index is 631. The molecule has 0 atom stereocenters. The van der Waals surface area contributed by atoms with Crippen molar-refractivity contribution < 1.29 is 9.18 Å².